The van der Waals surface area contributed by atoms with E-state index in [1.165, 1.54) is 13.8 Å². The molecule has 0 saturated heterocycles. The topological polar surface area (TPSA) is 70.4 Å². The molecule has 2 aromatic rings. The van der Waals surface area contributed by atoms with Gasteiger partial charge in [0.15, 0.2) is 5.82 Å². The van der Waals surface area contributed by atoms with E-state index >= 15 is 0 Å². The van der Waals surface area contributed by atoms with Gasteiger partial charge in [0, 0.05) is 6.20 Å². The molecule has 2 N–H and O–H groups in total. The summed E-state index contributed by atoms with van der Waals surface area (Å²) in [6.07, 6.45) is 0.809. The molecule has 0 saturated carbocycles. The molecule has 2 rings (SSSR count). The maximum Gasteiger partial charge on any atom is 0.337 e. The molecule has 0 atom stereocenters. The van der Waals surface area contributed by atoms with Crippen LogP contribution in [0.1, 0.15) is 29.8 Å². The zero-order chi connectivity index (χ0) is 16.7. The minimum Gasteiger partial charge on any atom is -0.478 e. The smallest absolute Gasteiger partial charge is 0.337 e. The summed E-state index contributed by atoms with van der Waals surface area (Å²) in [6, 6.07) is 2.39. The molecule has 0 aliphatic rings. The largest absolute Gasteiger partial charge is 0.478 e. The number of aromatic nitrogens is 1. The molecular formula is C15H12F3NO3. The Balaban J connectivity index is 2.61. The zero-order valence-electron chi connectivity index (χ0n) is 11.7. The molecule has 22 heavy (non-hydrogen) atoms. The third-order valence-electron chi connectivity index (χ3n) is 3.07. The Morgan fingerprint density at radius 3 is 2.05 bits per heavy atom. The standard InChI is InChI=1S/C15H12F3NO3/c1-15(2,22)8-4-9(16)12(10(17)5-8)13-11(18)3-7(6-19-13)14(20)21/h3-6,22H,1-2H3,(H,20,21). The second-order valence-electron chi connectivity index (χ2n) is 5.23. The van der Waals surface area contributed by atoms with Crippen LogP contribution in [0.5, 0.6) is 0 Å². The first-order valence-corrected chi connectivity index (χ1v) is 6.22. The van der Waals surface area contributed by atoms with Gasteiger partial charge in [0.2, 0.25) is 0 Å². The number of carboxylic acids is 1. The third kappa shape index (κ3) is 2.94. The van der Waals surface area contributed by atoms with E-state index in [0.717, 1.165) is 18.3 Å². The fraction of sp³-hybridized carbons (Fsp3) is 0.200. The van der Waals surface area contributed by atoms with E-state index in [-0.39, 0.29) is 5.56 Å². The van der Waals surface area contributed by atoms with Crippen molar-refractivity contribution in [3.8, 4) is 11.3 Å². The number of pyridine rings is 1. The van der Waals surface area contributed by atoms with E-state index in [0.29, 0.717) is 6.07 Å². The summed E-state index contributed by atoms with van der Waals surface area (Å²) >= 11 is 0. The molecule has 0 amide bonds. The molecule has 0 radical (unpaired) electrons. The van der Waals surface area contributed by atoms with Gasteiger partial charge in [-0.15, -0.1) is 0 Å². The van der Waals surface area contributed by atoms with Crippen LogP contribution < -0.4 is 0 Å². The number of rotatable bonds is 3. The van der Waals surface area contributed by atoms with E-state index in [2.05, 4.69) is 4.98 Å². The zero-order valence-corrected chi connectivity index (χ0v) is 11.7. The van der Waals surface area contributed by atoms with Crippen LogP contribution in [0, 0.1) is 17.5 Å². The molecule has 1 aromatic heterocycles. The van der Waals surface area contributed by atoms with Crippen LogP contribution >= 0.6 is 0 Å². The Kier molecular flexibility index (Phi) is 3.93. The van der Waals surface area contributed by atoms with Crippen LogP contribution in [0.2, 0.25) is 0 Å². The molecule has 1 heterocycles. The van der Waals surface area contributed by atoms with Crippen molar-refractivity contribution >= 4 is 5.97 Å². The molecule has 0 aliphatic carbocycles. The van der Waals surface area contributed by atoms with Crippen LogP contribution in [-0.2, 0) is 5.60 Å². The van der Waals surface area contributed by atoms with Crippen molar-refractivity contribution in [2.75, 3.05) is 0 Å². The van der Waals surface area contributed by atoms with Gasteiger partial charge in [0.05, 0.1) is 16.7 Å². The second kappa shape index (κ2) is 5.42. The molecule has 0 aliphatic heterocycles. The number of hydrogen-bond donors (Lipinski definition) is 2. The Labute approximate surface area is 123 Å². The van der Waals surface area contributed by atoms with E-state index in [4.69, 9.17) is 5.11 Å². The minimum absolute atomic E-state index is 0.0196. The summed E-state index contributed by atoms with van der Waals surface area (Å²) in [5, 5.41) is 18.5. The van der Waals surface area contributed by atoms with E-state index in [1.54, 1.807) is 0 Å². The van der Waals surface area contributed by atoms with Gasteiger partial charge in [-0.05, 0) is 37.6 Å². The summed E-state index contributed by atoms with van der Waals surface area (Å²) in [5.41, 5.74) is -3.28. The Morgan fingerprint density at radius 2 is 1.64 bits per heavy atom. The normalized spacial score (nSPS) is 11.5. The number of nitrogens with zero attached hydrogens (tertiary/aromatic N) is 1. The lowest BCUT2D eigenvalue weighted by molar-refractivity contribution is 0.0695. The van der Waals surface area contributed by atoms with Gasteiger partial charge in [-0.25, -0.2) is 18.0 Å². The molecule has 4 nitrogen and oxygen atoms in total. The van der Waals surface area contributed by atoms with Crippen molar-refractivity contribution < 1.29 is 28.2 Å². The fourth-order valence-electron chi connectivity index (χ4n) is 1.89. The average molecular weight is 311 g/mol. The molecule has 0 spiro atoms. The van der Waals surface area contributed by atoms with Gasteiger partial charge in [0.1, 0.15) is 17.3 Å². The highest BCUT2D eigenvalue weighted by molar-refractivity contribution is 5.87. The highest BCUT2D eigenvalue weighted by Crippen LogP contribution is 2.31. The lowest BCUT2D eigenvalue weighted by Gasteiger charge is -2.19. The van der Waals surface area contributed by atoms with Crippen molar-refractivity contribution in [1.82, 2.24) is 4.98 Å². The number of benzene rings is 1. The van der Waals surface area contributed by atoms with Crippen molar-refractivity contribution in [3.63, 3.8) is 0 Å². The van der Waals surface area contributed by atoms with E-state index < -0.39 is 45.8 Å². The maximum absolute atomic E-state index is 14.1. The predicted octanol–water partition coefficient (Wildman–Crippen LogP) is 3.09. The first-order chi connectivity index (χ1) is 10.1. The van der Waals surface area contributed by atoms with Crippen LogP contribution in [0.25, 0.3) is 11.3 Å². The number of halogens is 3. The van der Waals surface area contributed by atoms with E-state index in [9.17, 15) is 23.1 Å². The molecule has 0 unspecified atom stereocenters. The van der Waals surface area contributed by atoms with Crippen molar-refractivity contribution in [3.05, 3.63) is 53.0 Å². The first kappa shape index (κ1) is 16.0. The van der Waals surface area contributed by atoms with Crippen molar-refractivity contribution in [1.29, 1.82) is 0 Å². The summed E-state index contributed by atoms with van der Waals surface area (Å²) in [5.74, 6) is -4.77. The number of hydrogen-bond acceptors (Lipinski definition) is 3. The summed E-state index contributed by atoms with van der Waals surface area (Å²) in [7, 11) is 0. The molecule has 0 bridgehead atoms. The predicted molar refractivity (Wildman–Crippen MR) is 71.8 cm³/mol. The quantitative estimate of drug-likeness (QED) is 0.914. The number of aliphatic hydroxyl groups is 1. The molecule has 116 valence electrons. The third-order valence-corrected chi connectivity index (χ3v) is 3.07. The summed E-state index contributed by atoms with van der Waals surface area (Å²) < 4.78 is 42.1. The SMILES string of the molecule is CC(C)(O)c1cc(F)c(-c2ncc(C(=O)O)cc2F)c(F)c1. The second-order valence-corrected chi connectivity index (χ2v) is 5.23. The molecule has 7 heteroatoms. The minimum atomic E-state index is -1.47. The van der Waals surface area contributed by atoms with Crippen LogP contribution in [0.15, 0.2) is 24.4 Å². The highest BCUT2D eigenvalue weighted by atomic mass is 19.1. The van der Waals surface area contributed by atoms with E-state index in [1.807, 2.05) is 0 Å². The number of carboxylic acid groups (broad SMARTS) is 1. The number of aromatic carboxylic acids is 1. The van der Waals surface area contributed by atoms with Crippen molar-refractivity contribution in [2.24, 2.45) is 0 Å². The number of carbonyl (C=O) groups is 1. The molecule has 0 fully saturated rings. The molecule has 1 aromatic carbocycles. The van der Waals surface area contributed by atoms with Gasteiger partial charge in [-0.1, -0.05) is 0 Å². The Hall–Kier alpha value is -2.41. The lowest BCUT2D eigenvalue weighted by Crippen LogP contribution is -2.16. The highest BCUT2D eigenvalue weighted by Gasteiger charge is 2.24. The van der Waals surface area contributed by atoms with Gasteiger partial charge in [0.25, 0.3) is 0 Å². The lowest BCUT2D eigenvalue weighted by atomic mass is 9.95. The van der Waals surface area contributed by atoms with Gasteiger partial charge in [-0.2, -0.15) is 0 Å². The van der Waals surface area contributed by atoms with Crippen LogP contribution in [-0.4, -0.2) is 21.2 Å². The Morgan fingerprint density at radius 1 is 1.09 bits per heavy atom. The summed E-state index contributed by atoms with van der Waals surface area (Å²) in [6.45, 7) is 2.70. The molecular weight excluding hydrogens is 299 g/mol. The van der Waals surface area contributed by atoms with Gasteiger partial charge in [-0.3, -0.25) is 4.98 Å². The monoisotopic (exact) mass is 311 g/mol. The Bertz CT molecular complexity index is 731. The maximum atomic E-state index is 14.1. The van der Waals surface area contributed by atoms with Crippen LogP contribution in [0.3, 0.4) is 0 Å². The van der Waals surface area contributed by atoms with Crippen molar-refractivity contribution in [2.45, 2.75) is 19.4 Å². The summed E-state index contributed by atoms with van der Waals surface area (Å²) in [4.78, 5) is 14.2. The van der Waals surface area contributed by atoms with Crippen LogP contribution in [0.4, 0.5) is 13.2 Å². The first-order valence-electron chi connectivity index (χ1n) is 6.22. The van der Waals surface area contributed by atoms with Gasteiger partial charge < -0.3 is 10.2 Å². The fourth-order valence-corrected chi connectivity index (χ4v) is 1.89. The van der Waals surface area contributed by atoms with Gasteiger partial charge >= 0.3 is 5.97 Å². The average Bonchev–Trinajstić information content (AvgIpc) is 2.38.